The first kappa shape index (κ1) is 12.9. The number of hydrogen-bond acceptors (Lipinski definition) is 3. The van der Waals surface area contributed by atoms with Crippen molar-refractivity contribution in [3.63, 3.8) is 0 Å². The van der Waals surface area contributed by atoms with Gasteiger partial charge in [-0.05, 0) is 37.5 Å². The van der Waals surface area contributed by atoms with Gasteiger partial charge in [0.25, 0.3) is 0 Å². The summed E-state index contributed by atoms with van der Waals surface area (Å²) in [7, 11) is 0. The Morgan fingerprint density at radius 2 is 2.17 bits per heavy atom. The summed E-state index contributed by atoms with van der Waals surface area (Å²) in [6, 6.07) is 7.55. The van der Waals surface area contributed by atoms with E-state index < -0.39 is 6.04 Å². The predicted molar refractivity (Wildman–Crippen MR) is 74.8 cm³/mol. The van der Waals surface area contributed by atoms with E-state index in [1.54, 1.807) is 0 Å². The quantitative estimate of drug-likeness (QED) is 0.855. The van der Waals surface area contributed by atoms with E-state index in [0.717, 1.165) is 18.8 Å². The summed E-state index contributed by atoms with van der Waals surface area (Å²) in [6.45, 7) is 4.11. The van der Waals surface area contributed by atoms with E-state index in [1.165, 1.54) is 18.5 Å². The molecule has 3 N–H and O–H groups in total. The van der Waals surface area contributed by atoms with Crippen LogP contribution in [0.2, 0.25) is 0 Å². The molecule has 0 unspecified atom stereocenters. The second-order valence-electron chi connectivity index (χ2n) is 4.75. The van der Waals surface area contributed by atoms with Crippen molar-refractivity contribution in [1.29, 1.82) is 0 Å². The topological polar surface area (TPSA) is 58.4 Å². The fourth-order valence-electron chi connectivity index (χ4n) is 2.18. The van der Waals surface area contributed by atoms with E-state index in [-0.39, 0.29) is 5.91 Å². The number of nitrogens with two attached hydrogens (primary N) is 1. The minimum absolute atomic E-state index is 0.115. The molecule has 1 aliphatic heterocycles. The van der Waals surface area contributed by atoms with Crippen LogP contribution in [0.3, 0.4) is 0 Å². The highest BCUT2D eigenvalue weighted by Gasteiger charge is 2.14. The highest BCUT2D eigenvalue weighted by atomic mass is 16.2. The molecular weight excluding hydrogens is 226 g/mol. The number of carbonyl (C=O) groups excluding carboxylic acids is 1. The molecule has 1 amide bonds. The van der Waals surface area contributed by atoms with Gasteiger partial charge in [0.1, 0.15) is 0 Å². The number of hydrogen-bond donors (Lipinski definition) is 2. The van der Waals surface area contributed by atoms with E-state index in [1.807, 2.05) is 25.1 Å². The zero-order valence-electron chi connectivity index (χ0n) is 10.9. The van der Waals surface area contributed by atoms with Gasteiger partial charge in [-0.15, -0.1) is 0 Å². The summed E-state index contributed by atoms with van der Waals surface area (Å²) in [6.07, 6.45) is 3.15. The Morgan fingerprint density at radius 3 is 2.83 bits per heavy atom. The molecule has 1 heterocycles. The minimum atomic E-state index is -0.430. The molecule has 1 aromatic rings. The summed E-state index contributed by atoms with van der Waals surface area (Å²) in [5.41, 5.74) is 7.71. The van der Waals surface area contributed by atoms with Crippen molar-refractivity contribution in [2.75, 3.05) is 23.3 Å². The SMILES string of the molecule is CC[C@@H](N)C(=O)Nc1cccc(N2CCCC2)c1. The van der Waals surface area contributed by atoms with Gasteiger partial charge in [0.15, 0.2) is 0 Å². The highest BCUT2D eigenvalue weighted by molar-refractivity contribution is 5.95. The van der Waals surface area contributed by atoms with E-state index in [0.29, 0.717) is 6.42 Å². The van der Waals surface area contributed by atoms with Crippen molar-refractivity contribution in [2.45, 2.75) is 32.2 Å². The summed E-state index contributed by atoms with van der Waals surface area (Å²) in [4.78, 5) is 14.1. The first-order valence-corrected chi connectivity index (χ1v) is 6.62. The van der Waals surface area contributed by atoms with E-state index >= 15 is 0 Å². The second-order valence-corrected chi connectivity index (χ2v) is 4.75. The fraction of sp³-hybridized carbons (Fsp3) is 0.500. The average Bonchev–Trinajstić information content (AvgIpc) is 2.92. The van der Waals surface area contributed by atoms with Crippen LogP contribution in [0.25, 0.3) is 0 Å². The highest BCUT2D eigenvalue weighted by Crippen LogP contribution is 2.23. The van der Waals surface area contributed by atoms with Gasteiger partial charge in [-0.2, -0.15) is 0 Å². The molecule has 1 saturated heterocycles. The Kier molecular flexibility index (Phi) is 4.20. The van der Waals surface area contributed by atoms with Gasteiger partial charge in [-0.25, -0.2) is 0 Å². The first-order chi connectivity index (χ1) is 8.70. The lowest BCUT2D eigenvalue weighted by Gasteiger charge is -2.19. The van der Waals surface area contributed by atoms with Gasteiger partial charge < -0.3 is 16.0 Å². The summed E-state index contributed by atoms with van der Waals surface area (Å²) in [5.74, 6) is -0.115. The second kappa shape index (κ2) is 5.87. The van der Waals surface area contributed by atoms with E-state index in [4.69, 9.17) is 5.73 Å². The molecular formula is C14H21N3O. The molecule has 4 nitrogen and oxygen atoms in total. The van der Waals surface area contributed by atoms with Gasteiger partial charge in [0.05, 0.1) is 6.04 Å². The van der Waals surface area contributed by atoms with Crippen LogP contribution in [-0.4, -0.2) is 25.0 Å². The zero-order valence-corrected chi connectivity index (χ0v) is 10.9. The van der Waals surface area contributed by atoms with E-state index in [2.05, 4.69) is 16.3 Å². The Morgan fingerprint density at radius 1 is 1.44 bits per heavy atom. The maximum Gasteiger partial charge on any atom is 0.241 e. The molecule has 98 valence electrons. The Bertz CT molecular complexity index is 413. The van der Waals surface area contributed by atoms with Crippen molar-refractivity contribution < 1.29 is 4.79 Å². The van der Waals surface area contributed by atoms with Crippen LogP contribution in [0.4, 0.5) is 11.4 Å². The molecule has 0 spiro atoms. The van der Waals surface area contributed by atoms with Crippen LogP contribution in [0.1, 0.15) is 26.2 Å². The normalized spacial score (nSPS) is 16.7. The molecule has 1 aliphatic rings. The Hall–Kier alpha value is -1.55. The van der Waals surface area contributed by atoms with Crippen LogP contribution < -0.4 is 16.0 Å². The molecule has 18 heavy (non-hydrogen) atoms. The molecule has 1 atom stereocenters. The average molecular weight is 247 g/mol. The number of nitrogens with one attached hydrogen (secondary N) is 1. The molecule has 1 aromatic carbocycles. The fourth-order valence-corrected chi connectivity index (χ4v) is 2.18. The van der Waals surface area contributed by atoms with Crippen LogP contribution in [0.5, 0.6) is 0 Å². The molecule has 0 saturated carbocycles. The van der Waals surface area contributed by atoms with Crippen molar-refractivity contribution in [3.05, 3.63) is 24.3 Å². The maximum absolute atomic E-state index is 11.7. The van der Waals surface area contributed by atoms with Crippen LogP contribution in [-0.2, 0) is 4.79 Å². The summed E-state index contributed by atoms with van der Waals surface area (Å²) >= 11 is 0. The number of rotatable bonds is 4. The third-order valence-corrected chi connectivity index (χ3v) is 3.36. The molecule has 0 aromatic heterocycles. The lowest BCUT2D eigenvalue weighted by molar-refractivity contribution is -0.117. The molecule has 0 radical (unpaired) electrons. The van der Waals surface area contributed by atoms with Gasteiger partial charge in [-0.3, -0.25) is 4.79 Å². The number of carbonyl (C=O) groups is 1. The minimum Gasteiger partial charge on any atom is -0.371 e. The smallest absolute Gasteiger partial charge is 0.241 e. The Labute approximate surface area is 108 Å². The monoisotopic (exact) mass is 247 g/mol. The van der Waals surface area contributed by atoms with E-state index in [9.17, 15) is 4.79 Å². The van der Waals surface area contributed by atoms with Gasteiger partial charge in [-0.1, -0.05) is 13.0 Å². The summed E-state index contributed by atoms with van der Waals surface area (Å²) < 4.78 is 0. The number of benzene rings is 1. The van der Waals surface area contributed by atoms with Gasteiger partial charge in [0, 0.05) is 24.5 Å². The van der Waals surface area contributed by atoms with Crippen molar-refractivity contribution >= 4 is 17.3 Å². The lowest BCUT2D eigenvalue weighted by atomic mass is 10.2. The first-order valence-electron chi connectivity index (χ1n) is 6.62. The molecule has 2 rings (SSSR count). The molecule has 0 bridgehead atoms. The van der Waals surface area contributed by atoms with Crippen LogP contribution >= 0.6 is 0 Å². The lowest BCUT2D eigenvalue weighted by Crippen LogP contribution is -2.34. The number of nitrogens with zero attached hydrogens (tertiary/aromatic N) is 1. The third-order valence-electron chi connectivity index (χ3n) is 3.36. The van der Waals surface area contributed by atoms with Crippen molar-refractivity contribution in [2.24, 2.45) is 5.73 Å². The summed E-state index contributed by atoms with van der Waals surface area (Å²) in [5, 5.41) is 2.87. The van der Waals surface area contributed by atoms with Gasteiger partial charge in [0.2, 0.25) is 5.91 Å². The van der Waals surface area contributed by atoms with Crippen LogP contribution in [0, 0.1) is 0 Å². The maximum atomic E-state index is 11.7. The van der Waals surface area contributed by atoms with Crippen molar-refractivity contribution in [3.8, 4) is 0 Å². The van der Waals surface area contributed by atoms with Crippen LogP contribution in [0.15, 0.2) is 24.3 Å². The zero-order chi connectivity index (χ0) is 13.0. The number of anilines is 2. The predicted octanol–water partition coefficient (Wildman–Crippen LogP) is 1.96. The third kappa shape index (κ3) is 3.01. The van der Waals surface area contributed by atoms with Gasteiger partial charge >= 0.3 is 0 Å². The van der Waals surface area contributed by atoms with Crippen molar-refractivity contribution in [1.82, 2.24) is 0 Å². The largest absolute Gasteiger partial charge is 0.371 e. The standard InChI is InChI=1S/C14H21N3O/c1-2-13(15)14(18)16-11-6-5-7-12(10-11)17-8-3-4-9-17/h5-7,10,13H,2-4,8-9,15H2,1H3,(H,16,18)/t13-/m1/s1. The molecule has 4 heteroatoms. The molecule has 1 fully saturated rings. The Balaban J connectivity index is 2.05. The molecule has 0 aliphatic carbocycles. The number of amides is 1.